The average molecular weight is 306 g/mol. The van der Waals surface area contributed by atoms with Gasteiger partial charge in [-0.15, -0.1) is 0 Å². The van der Waals surface area contributed by atoms with Crippen LogP contribution in [-0.4, -0.2) is 21.6 Å². The molecule has 0 radical (unpaired) electrons. The summed E-state index contributed by atoms with van der Waals surface area (Å²) in [5.41, 5.74) is 0. The molecule has 1 aromatic rings. The molecule has 0 saturated carbocycles. The third-order valence-electron chi connectivity index (χ3n) is 2.53. The van der Waals surface area contributed by atoms with Crippen molar-refractivity contribution >= 4 is 21.6 Å². The predicted molar refractivity (Wildman–Crippen MR) is 77.3 cm³/mol. The Morgan fingerprint density at radius 3 is 2.58 bits per heavy atom. The standard InChI is InChI=1S/C13H20ClNO3S/c1-4-18-13-6-5-11(9-12(13)14)19(16,17)15-8-7-10(2)3/h5-6,9-10,15H,4,7-8H2,1-3H3. The Labute approximate surface area is 120 Å². The number of hydrogen-bond acceptors (Lipinski definition) is 3. The zero-order valence-electron chi connectivity index (χ0n) is 11.4. The zero-order chi connectivity index (χ0) is 14.5. The van der Waals surface area contributed by atoms with Crippen LogP contribution in [0.2, 0.25) is 5.02 Å². The van der Waals surface area contributed by atoms with E-state index in [1.807, 2.05) is 20.8 Å². The molecule has 0 bridgehead atoms. The largest absolute Gasteiger partial charge is 0.492 e. The molecule has 0 aliphatic heterocycles. The fourth-order valence-corrected chi connectivity index (χ4v) is 2.86. The smallest absolute Gasteiger partial charge is 0.240 e. The fraction of sp³-hybridized carbons (Fsp3) is 0.538. The van der Waals surface area contributed by atoms with E-state index >= 15 is 0 Å². The highest BCUT2D eigenvalue weighted by molar-refractivity contribution is 7.89. The first-order valence-electron chi connectivity index (χ1n) is 6.29. The number of benzene rings is 1. The molecule has 0 spiro atoms. The highest BCUT2D eigenvalue weighted by Crippen LogP contribution is 2.27. The Kier molecular flexibility index (Phi) is 6.10. The molecule has 1 rings (SSSR count). The van der Waals surface area contributed by atoms with Crippen molar-refractivity contribution in [2.75, 3.05) is 13.2 Å². The minimum atomic E-state index is -3.50. The van der Waals surface area contributed by atoms with Gasteiger partial charge in [0.1, 0.15) is 5.75 Å². The molecule has 0 aliphatic carbocycles. The van der Waals surface area contributed by atoms with E-state index in [-0.39, 0.29) is 4.90 Å². The van der Waals surface area contributed by atoms with Crippen molar-refractivity contribution in [2.24, 2.45) is 5.92 Å². The lowest BCUT2D eigenvalue weighted by molar-refractivity contribution is 0.340. The van der Waals surface area contributed by atoms with Crippen molar-refractivity contribution in [3.05, 3.63) is 23.2 Å². The van der Waals surface area contributed by atoms with Gasteiger partial charge >= 0.3 is 0 Å². The Balaban J connectivity index is 2.81. The summed E-state index contributed by atoms with van der Waals surface area (Å²) >= 11 is 5.98. The number of nitrogens with one attached hydrogen (secondary N) is 1. The van der Waals surface area contributed by atoms with Crippen LogP contribution < -0.4 is 9.46 Å². The highest BCUT2D eigenvalue weighted by atomic mass is 35.5. The number of hydrogen-bond donors (Lipinski definition) is 1. The predicted octanol–water partition coefficient (Wildman–Crippen LogP) is 3.06. The van der Waals surface area contributed by atoms with Gasteiger partial charge in [0.15, 0.2) is 0 Å². The number of ether oxygens (including phenoxy) is 1. The van der Waals surface area contributed by atoms with Gasteiger partial charge < -0.3 is 4.74 Å². The van der Waals surface area contributed by atoms with E-state index in [1.165, 1.54) is 12.1 Å². The molecule has 1 aromatic carbocycles. The maximum atomic E-state index is 12.0. The number of halogens is 1. The summed E-state index contributed by atoms with van der Waals surface area (Å²) < 4.78 is 31.9. The second kappa shape index (κ2) is 7.12. The molecule has 0 atom stereocenters. The van der Waals surface area contributed by atoms with Crippen LogP contribution in [0.5, 0.6) is 5.75 Å². The number of rotatable bonds is 7. The summed E-state index contributed by atoms with van der Waals surface area (Å²) in [4.78, 5) is 0.157. The van der Waals surface area contributed by atoms with Gasteiger partial charge in [-0.1, -0.05) is 25.4 Å². The normalized spacial score (nSPS) is 11.8. The van der Waals surface area contributed by atoms with Crippen LogP contribution in [0, 0.1) is 5.92 Å². The molecular weight excluding hydrogens is 286 g/mol. The van der Waals surface area contributed by atoms with Gasteiger partial charge in [0.25, 0.3) is 0 Å². The molecule has 0 heterocycles. The van der Waals surface area contributed by atoms with Crippen molar-refractivity contribution in [1.29, 1.82) is 0 Å². The second-order valence-corrected chi connectivity index (χ2v) is 6.78. The summed E-state index contributed by atoms with van der Waals surface area (Å²) in [6.45, 7) is 6.84. The number of sulfonamides is 1. The molecule has 0 saturated heterocycles. The SMILES string of the molecule is CCOc1ccc(S(=O)(=O)NCCC(C)C)cc1Cl. The van der Waals surface area contributed by atoms with Crippen molar-refractivity contribution in [3.63, 3.8) is 0 Å². The van der Waals surface area contributed by atoms with E-state index in [0.29, 0.717) is 29.8 Å². The molecule has 0 fully saturated rings. The molecule has 108 valence electrons. The minimum absolute atomic E-state index is 0.157. The van der Waals surface area contributed by atoms with E-state index in [1.54, 1.807) is 6.07 Å². The van der Waals surface area contributed by atoms with E-state index < -0.39 is 10.0 Å². The lowest BCUT2D eigenvalue weighted by Gasteiger charge is -2.10. The van der Waals surface area contributed by atoms with Crippen LogP contribution in [0.3, 0.4) is 0 Å². The molecule has 0 aromatic heterocycles. The molecule has 6 heteroatoms. The van der Waals surface area contributed by atoms with Crippen molar-refractivity contribution in [3.8, 4) is 5.75 Å². The quantitative estimate of drug-likeness (QED) is 0.842. The van der Waals surface area contributed by atoms with Crippen LogP contribution in [0.15, 0.2) is 23.1 Å². The van der Waals surface area contributed by atoms with Crippen LogP contribution >= 0.6 is 11.6 Å². The summed E-state index contributed by atoms with van der Waals surface area (Å²) in [5.74, 6) is 0.942. The van der Waals surface area contributed by atoms with E-state index in [2.05, 4.69) is 4.72 Å². The third kappa shape index (κ3) is 5.01. The molecule has 0 amide bonds. The first-order valence-corrected chi connectivity index (χ1v) is 8.15. The van der Waals surface area contributed by atoms with Crippen LogP contribution in [-0.2, 0) is 10.0 Å². The van der Waals surface area contributed by atoms with Gasteiger partial charge in [-0.25, -0.2) is 13.1 Å². The molecule has 19 heavy (non-hydrogen) atoms. The maximum Gasteiger partial charge on any atom is 0.240 e. The van der Waals surface area contributed by atoms with Gasteiger partial charge in [0.05, 0.1) is 16.5 Å². The van der Waals surface area contributed by atoms with Crippen LogP contribution in [0.4, 0.5) is 0 Å². The lowest BCUT2D eigenvalue weighted by atomic mass is 10.1. The van der Waals surface area contributed by atoms with Crippen molar-refractivity contribution < 1.29 is 13.2 Å². The summed E-state index contributed by atoms with van der Waals surface area (Å²) in [6, 6.07) is 4.47. The summed E-state index contributed by atoms with van der Waals surface area (Å²) in [6.07, 6.45) is 0.796. The van der Waals surface area contributed by atoms with Gasteiger partial charge in [-0.05, 0) is 37.5 Å². The van der Waals surface area contributed by atoms with Crippen molar-refractivity contribution in [2.45, 2.75) is 32.1 Å². The van der Waals surface area contributed by atoms with E-state index in [0.717, 1.165) is 6.42 Å². The van der Waals surface area contributed by atoms with E-state index in [4.69, 9.17) is 16.3 Å². The van der Waals surface area contributed by atoms with Gasteiger partial charge in [-0.3, -0.25) is 0 Å². The monoisotopic (exact) mass is 305 g/mol. The van der Waals surface area contributed by atoms with Crippen LogP contribution in [0.25, 0.3) is 0 Å². The van der Waals surface area contributed by atoms with Gasteiger partial charge in [0.2, 0.25) is 10.0 Å². The third-order valence-corrected chi connectivity index (χ3v) is 4.28. The Hall–Kier alpha value is -0.780. The first-order chi connectivity index (χ1) is 8.86. The average Bonchev–Trinajstić information content (AvgIpc) is 2.31. The molecule has 4 nitrogen and oxygen atoms in total. The Bertz CT molecular complexity index is 515. The van der Waals surface area contributed by atoms with Crippen LogP contribution in [0.1, 0.15) is 27.2 Å². The molecule has 0 aliphatic rings. The Morgan fingerprint density at radius 1 is 1.37 bits per heavy atom. The lowest BCUT2D eigenvalue weighted by Crippen LogP contribution is -2.25. The van der Waals surface area contributed by atoms with E-state index in [9.17, 15) is 8.42 Å². The molecular formula is C13H20ClNO3S. The maximum absolute atomic E-state index is 12.0. The minimum Gasteiger partial charge on any atom is -0.492 e. The summed E-state index contributed by atoms with van der Waals surface area (Å²) in [7, 11) is -3.50. The zero-order valence-corrected chi connectivity index (χ0v) is 13.0. The highest BCUT2D eigenvalue weighted by Gasteiger charge is 2.15. The van der Waals surface area contributed by atoms with Gasteiger partial charge in [-0.2, -0.15) is 0 Å². The fourth-order valence-electron chi connectivity index (χ4n) is 1.49. The molecule has 0 unspecified atom stereocenters. The van der Waals surface area contributed by atoms with Gasteiger partial charge in [0, 0.05) is 6.54 Å². The topological polar surface area (TPSA) is 55.4 Å². The van der Waals surface area contributed by atoms with Crippen molar-refractivity contribution in [1.82, 2.24) is 4.72 Å². The first kappa shape index (κ1) is 16.3. The second-order valence-electron chi connectivity index (χ2n) is 4.61. The molecule has 1 N–H and O–H groups in total. The Morgan fingerprint density at radius 2 is 2.05 bits per heavy atom. The summed E-state index contributed by atoms with van der Waals surface area (Å²) in [5, 5.41) is 0.300.